The van der Waals surface area contributed by atoms with Crippen LogP contribution in [0.15, 0.2) is 18.2 Å². The van der Waals surface area contributed by atoms with E-state index in [0.29, 0.717) is 31.4 Å². The molecule has 7 nitrogen and oxygen atoms in total. The van der Waals surface area contributed by atoms with E-state index in [9.17, 15) is 14.4 Å². The fourth-order valence-electron chi connectivity index (χ4n) is 3.69. The number of likely N-dealkylation sites (tertiary alicyclic amines) is 1. The van der Waals surface area contributed by atoms with Gasteiger partial charge in [0.2, 0.25) is 5.91 Å². The zero-order valence-electron chi connectivity index (χ0n) is 19.6. The maximum Gasteiger partial charge on any atom is 0.310 e. The molecular weight excluding hydrogens is 396 g/mol. The molecule has 1 aliphatic rings. The summed E-state index contributed by atoms with van der Waals surface area (Å²) in [5, 5.41) is 0. The Bertz CT molecular complexity index is 792. The van der Waals surface area contributed by atoms with Gasteiger partial charge in [-0.3, -0.25) is 14.4 Å². The molecule has 2 rings (SSSR count). The summed E-state index contributed by atoms with van der Waals surface area (Å²) in [7, 11) is 1.60. The number of carbonyl (C=O) groups excluding carboxylic acids is 3. The Morgan fingerprint density at radius 1 is 1.23 bits per heavy atom. The molecule has 0 radical (unpaired) electrons. The van der Waals surface area contributed by atoms with Gasteiger partial charge in [-0.15, -0.1) is 0 Å². The van der Waals surface area contributed by atoms with Gasteiger partial charge in [-0.05, 0) is 56.7 Å². The van der Waals surface area contributed by atoms with Crippen LogP contribution in [0.4, 0.5) is 0 Å². The molecule has 1 aromatic carbocycles. The Kier molecular flexibility index (Phi) is 8.89. The van der Waals surface area contributed by atoms with Gasteiger partial charge in [0, 0.05) is 20.1 Å². The Morgan fingerprint density at radius 2 is 1.94 bits per heavy atom. The third-order valence-electron chi connectivity index (χ3n) is 5.67. The lowest BCUT2D eigenvalue weighted by atomic mass is 9.98. The van der Waals surface area contributed by atoms with Crippen molar-refractivity contribution in [2.24, 2.45) is 5.92 Å². The Hall–Kier alpha value is -2.57. The van der Waals surface area contributed by atoms with E-state index in [1.165, 1.54) is 4.90 Å². The van der Waals surface area contributed by atoms with E-state index in [-0.39, 0.29) is 30.2 Å². The van der Waals surface area contributed by atoms with Crippen LogP contribution in [0.3, 0.4) is 0 Å². The molecule has 2 amide bonds. The normalized spacial score (nSPS) is 17.3. The molecule has 172 valence electrons. The third kappa shape index (κ3) is 6.71. The maximum atomic E-state index is 12.8. The van der Waals surface area contributed by atoms with Crippen molar-refractivity contribution in [1.82, 2.24) is 9.80 Å². The highest BCUT2D eigenvalue weighted by atomic mass is 16.5. The molecule has 1 aliphatic heterocycles. The Morgan fingerprint density at radius 3 is 2.58 bits per heavy atom. The predicted molar refractivity (Wildman–Crippen MR) is 119 cm³/mol. The molecule has 2 atom stereocenters. The van der Waals surface area contributed by atoms with E-state index >= 15 is 0 Å². The minimum absolute atomic E-state index is 0.0485. The fraction of sp³-hybridized carbons (Fsp3) is 0.625. The van der Waals surface area contributed by atoms with Crippen LogP contribution in [0.25, 0.3) is 0 Å². The standard InChI is InChI=1S/C24H36N2O5/c1-7-30-24(29)20-9-8-12-26(14-20)22(27)15-25(6)23(28)18(5)31-21-13-19(16(2)3)11-10-17(21)4/h10-11,13,16,18,20H,7-9,12,14-15H2,1-6H3. The first-order valence-corrected chi connectivity index (χ1v) is 11.1. The zero-order chi connectivity index (χ0) is 23.1. The van der Waals surface area contributed by atoms with E-state index in [1.807, 2.05) is 19.1 Å². The predicted octanol–water partition coefficient (Wildman–Crippen LogP) is 3.15. The third-order valence-corrected chi connectivity index (χ3v) is 5.67. The number of likely N-dealkylation sites (N-methyl/N-ethyl adjacent to an activating group) is 1. The summed E-state index contributed by atoms with van der Waals surface area (Å²) in [5.74, 6) is 0.0524. The lowest BCUT2D eigenvalue weighted by Crippen LogP contribution is -2.48. The van der Waals surface area contributed by atoms with E-state index < -0.39 is 6.10 Å². The van der Waals surface area contributed by atoms with Crippen LogP contribution in [-0.4, -0.2) is 67.0 Å². The number of benzene rings is 1. The second-order valence-corrected chi connectivity index (χ2v) is 8.56. The topological polar surface area (TPSA) is 76.2 Å². The van der Waals surface area contributed by atoms with Crippen molar-refractivity contribution in [3.05, 3.63) is 29.3 Å². The van der Waals surface area contributed by atoms with E-state index in [0.717, 1.165) is 24.0 Å². The summed E-state index contributed by atoms with van der Waals surface area (Å²) in [6, 6.07) is 6.02. The van der Waals surface area contributed by atoms with Crippen molar-refractivity contribution in [3.8, 4) is 5.75 Å². The van der Waals surface area contributed by atoms with Gasteiger partial charge in [-0.1, -0.05) is 26.0 Å². The first-order chi connectivity index (χ1) is 14.6. The number of ether oxygens (including phenoxy) is 2. The van der Waals surface area contributed by atoms with E-state index in [4.69, 9.17) is 9.47 Å². The highest BCUT2D eigenvalue weighted by Gasteiger charge is 2.31. The first-order valence-electron chi connectivity index (χ1n) is 11.1. The summed E-state index contributed by atoms with van der Waals surface area (Å²) >= 11 is 0. The number of aryl methyl sites for hydroxylation is 1. The van der Waals surface area contributed by atoms with Crippen LogP contribution in [0.1, 0.15) is 57.6 Å². The smallest absolute Gasteiger partial charge is 0.310 e. The van der Waals surface area contributed by atoms with Crippen molar-refractivity contribution in [2.75, 3.05) is 33.3 Å². The van der Waals surface area contributed by atoms with Crippen LogP contribution < -0.4 is 4.74 Å². The average Bonchev–Trinajstić information content (AvgIpc) is 2.74. The van der Waals surface area contributed by atoms with Crippen molar-refractivity contribution in [3.63, 3.8) is 0 Å². The molecule has 2 unspecified atom stereocenters. The van der Waals surface area contributed by atoms with Crippen LogP contribution >= 0.6 is 0 Å². The molecule has 0 aromatic heterocycles. The molecule has 1 saturated heterocycles. The second kappa shape index (κ2) is 11.2. The van der Waals surface area contributed by atoms with Gasteiger partial charge in [0.1, 0.15) is 5.75 Å². The average molecular weight is 433 g/mol. The van der Waals surface area contributed by atoms with Gasteiger partial charge in [0.15, 0.2) is 6.10 Å². The number of carbonyl (C=O) groups is 3. The van der Waals surface area contributed by atoms with Crippen LogP contribution in [0.5, 0.6) is 5.75 Å². The fourth-order valence-corrected chi connectivity index (χ4v) is 3.69. The Labute approximate surface area is 185 Å². The highest BCUT2D eigenvalue weighted by molar-refractivity contribution is 5.87. The molecule has 0 saturated carbocycles. The van der Waals surface area contributed by atoms with Gasteiger partial charge < -0.3 is 19.3 Å². The first kappa shape index (κ1) is 24.7. The van der Waals surface area contributed by atoms with Gasteiger partial charge in [0.05, 0.1) is 19.1 Å². The van der Waals surface area contributed by atoms with Crippen LogP contribution in [0.2, 0.25) is 0 Å². The van der Waals surface area contributed by atoms with Gasteiger partial charge in [-0.25, -0.2) is 0 Å². The van der Waals surface area contributed by atoms with Crippen molar-refractivity contribution in [2.45, 2.75) is 59.5 Å². The minimum atomic E-state index is -0.715. The van der Waals surface area contributed by atoms with Crippen LogP contribution in [-0.2, 0) is 19.1 Å². The van der Waals surface area contributed by atoms with Gasteiger partial charge in [-0.2, -0.15) is 0 Å². The number of piperidine rings is 1. The SMILES string of the molecule is CCOC(=O)C1CCCN(C(=O)CN(C)C(=O)C(C)Oc2cc(C(C)C)ccc2C)C1. The number of nitrogens with zero attached hydrogens (tertiary/aromatic N) is 2. The second-order valence-electron chi connectivity index (χ2n) is 8.56. The summed E-state index contributed by atoms with van der Waals surface area (Å²) in [6.07, 6.45) is 0.752. The molecule has 31 heavy (non-hydrogen) atoms. The summed E-state index contributed by atoms with van der Waals surface area (Å²) in [4.78, 5) is 40.6. The zero-order valence-corrected chi connectivity index (χ0v) is 19.6. The van der Waals surface area contributed by atoms with Gasteiger partial charge >= 0.3 is 5.97 Å². The molecule has 1 heterocycles. The number of amides is 2. The molecule has 0 bridgehead atoms. The molecule has 0 aliphatic carbocycles. The molecule has 7 heteroatoms. The number of esters is 1. The maximum absolute atomic E-state index is 12.8. The van der Waals surface area contributed by atoms with Gasteiger partial charge in [0.25, 0.3) is 5.91 Å². The van der Waals surface area contributed by atoms with E-state index in [1.54, 1.807) is 25.8 Å². The summed E-state index contributed by atoms with van der Waals surface area (Å²) < 4.78 is 11.0. The summed E-state index contributed by atoms with van der Waals surface area (Å²) in [6.45, 7) is 10.8. The highest BCUT2D eigenvalue weighted by Crippen LogP contribution is 2.25. The van der Waals surface area contributed by atoms with Crippen molar-refractivity contribution < 1.29 is 23.9 Å². The van der Waals surface area contributed by atoms with Crippen molar-refractivity contribution >= 4 is 17.8 Å². The monoisotopic (exact) mass is 432 g/mol. The van der Waals surface area contributed by atoms with Crippen LogP contribution in [0, 0.1) is 12.8 Å². The molecular formula is C24H36N2O5. The number of hydrogen-bond acceptors (Lipinski definition) is 5. The Balaban J connectivity index is 1.94. The largest absolute Gasteiger partial charge is 0.481 e. The molecule has 1 aromatic rings. The molecule has 0 N–H and O–H groups in total. The van der Waals surface area contributed by atoms with Crippen molar-refractivity contribution in [1.29, 1.82) is 0 Å². The molecule has 0 spiro atoms. The van der Waals surface area contributed by atoms with E-state index in [2.05, 4.69) is 19.9 Å². The number of rotatable bonds is 8. The lowest BCUT2D eigenvalue weighted by Gasteiger charge is -2.33. The lowest BCUT2D eigenvalue weighted by molar-refractivity contribution is -0.152. The minimum Gasteiger partial charge on any atom is -0.481 e. The summed E-state index contributed by atoms with van der Waals surface area (Å²) in [5.41, 5.74) is 2.10. The number of hydrogen-bond donors (Lipinski definition) is 0. The molecule has 1 fully saturated rings. The quantitative estimate of drug-likeness (QED) is 0.590.